The molecule has 0 aliphatic heterocycles. The van der Waals surface area contributed by atoms with Crippen LogP contribution in [0.15, 0.2) is 38.9 Å². The van der Waals surface area contributed by atoms with Crippen LogP contribution in [0.2, 0.25) is 0 Å². The van der Waals surface area contributed by atoms with Gasteiger partial charge in [-0.05, 0) is 40.5 Å². The van der Waals surface area contributed by atoms with Gasteiger partial charge in [0.15, 0.2) is 11.6 Å². The van der Waals surface area contributed by atoms with Gasteiger partial charge < -0.3 is 10.3 Å². The standard InChI is InChI=1S/C13H10BrN3OS/c1-7-5-9(19-12(7)14)11-10(13(15)17-18-11)8-3-2-4-16-6-8/h2-6H,1H3,(H2,15,17). The topological polar surface area (TPSA) is 64.9 Å². The molecule has 0 spiro atoms. The molecule has 0 radical (unpaired) electrons. The fourth-order valence-corrected chi connectivity index (χ4v) is 3.35. The number of aryl methyl sites for hydroxylation is 1. The zero-order chi connectivity index (χ0) is 13.4. The summed E-state index contributed by atoms with van der Waals surface area (Å²) in [4.78, 5) is 5.10. The Morgan fingerprint density at radius 1 is 1.42 bits per heavy atom. The Bertz CT molecular complexity index is 701. The van der Waals surface area contributed by atoms with Crippen LogP contribution in [0.25, 0.3) is 21.8 Å². The van der Waals surface area contributed by atoms with Crippen molar-refractivity contribution in [2.75, 3.05) is 5.73 Å². The SMILES string of the molecule is Cc1cc(-c2onc(N)c2-c2cccnc2)sc1Br. The molecule has 0 unspecified atom stereocenters. The van der Waals surface area contributed by atoms with Crippen molar-refractivity contribution in [2.45, 2.75) is 6.92 Å². The maximum atomic E-state index is 5.92. The molecule has 19 heavy (non-hydrogen) atoms. The van der Waals surface area contributed by atoms with Crippen molar-refractivity contribution in [1.82, 2.24) is 10.1 Å². The second kappa shape index (κ2) is 4.79. The second-order valence-electron chi connectivity index (χ2n) is 4.08. The van der Waals surface area contributed by atoms with E-state index < -0.39 is 0 Å². The van der Waals surface area contributed by atoms with Gasteiger partial charge in [-0.2, -0.15) is 0 Å². The minimum absolute atomic E-state index is 0.380. The van der Waals surface area contributed by atoms with E-state index in [2.05, 4.69) is 32.1 Å². The van der Waals surface area contributed by atoms with E-state index in [1.54, 1.807) is 23.7 Å². The number of pyridine rings is 1. The predicted molar refractivity (Wildman–Crippen MR) is 79.9 cm³/mol. The van der Waals surface area contributed by atoms with Crippen LogP contribution in [-0.4, -0.2) is 10.1 Å². The van der Waals surface area contributed by atoms with Gasteiger partial charge in [0.2, 0.25) is 0 Å². The van der Waals surface area contributed by atoms with Crippen LogP contribution in [0, 0.1) is 6.92 Å². The van der Waals surface area contributed by atoms with Crippen LogP contribution in [0.5, 0.6) is 0 Å². The fourth-order valence-electron chi connectivity index (χ4n) is 1.83. The molecule has 0 aromatic carbocycles. The van der Waals surface area contributed by atoms with Gasteiger partial charge in [0.25, 0.3) is 0 Å². The van der Waals surface area contributed by atoms with E-state index in [0.717, 1.165) is 25.4 Å². The Hall–Kier alpha value is -1.66. The number of nitrogens with two attached hydrogens (primary N) is 1. The van der Waals surface area contributed by atoms with Crippen LogP contribution in [0.3, 0.4) is 0 Å². The number of nitrogen functional groups attached to an aromatic ring is 1. The summed E-state index contributed by atoms with van der Waals surface area (Å²) in [5.74, 6) is 1.06. The van der Waals surface area contributed by atoms with Gasteiger partial charge in [0, 0.05) is 18.0 Å². The molecule has 96 valence electrons. The van der Waals surface area contributed by atoms with Crippen molar-refractivity contribution < 1.29 is 4.52 Å². The average molecular weight is 336 g/mol. The number of thiophene rings is 1. The lowest BCUT2D eigenvalue weighted by Crippen LogP contribution is -1.88. The van der Waals surface area contributed by atoms with Crippen molar-refractivity contribution >= 4 is 33.1 Å². The summed E-state index contributed by atoms with van der Waals surface area (Å²) in [6, 6.07) is 5.85. The summed E-state index contributed by atoms with van der Waals surface area (Å²) in [5, 5.41) is 3.87. The van der Waals surface area contributed by atoms with Crippen LogP contribution in [-0.2, 0) is 0 Å². The summed E-state index contributed by atoms with van der Waals surface area (Å²) < 4.78 is 6.47. The third kappa shape index (κ3) is 2.17. The molecular formula is C13H10BrN3OS. The first-order chi connectivity index (χ1) is 9.16. The first kappa shape index (κ1) is 12.4. The first-order valence-corrected chi connectivity index (χ1v) is 7.19. The molecular weight excluding hydrogens is 326 g/mol. The van der Waals surface area contributed by atoms with E-state index in [0.29, 0.717) is 11.6 Å². The third-order valence-corrected chi connectivity index (χ3v) is 4.89. The largest absolute Gasteiger partial charge is 0.380 e. The molecule has 0 saturated heterocycles. The number of hydrogen-bond donors (Lipinski definition) is 1. The number of hydrogen-bond acceptors (Lipinski definition) is 5. The number of anilines is 1. The number of aromatic nitrogens is 2. The van der Waals surface area contributed by atoms with Crippen LogP contribution in [0.4, 0.5) is 5.82 Å². The predicted octanol–water partition coefficient (Wildman–Crippen LogP) is 4.12. The van der Waals surface area contributed by atoms with E-state index in [-0.39, 0.29) is 0 Å². The highest BCUT2D eigenvalue weighted by molar-refractivity contribution is 9.11. The molecule has 0 amide bonds. The Labute approximate surface area is 122 Å². The van der Waals surface area contributed by atoms with Crippen molar-refractivity contribution in [3.05, 3.63) is 39.9 Å². The quantitative estimate of drug-likeness (QED) is 0.765. The van der Waals surface area contributed by atoms with E-state index in [9.17, 15) is 0 Å². The van der Waals surface area contributed by atoms with Gasteiger partial charge in [-0.3, -0.25) is 4.98 Å². The minimum atomic E-state index is 0.380. The van der Waals surface area contributed by atoms with Crippen molar-refractivity contribution in [2.24, 2.45) is 0 Å². The van der Waals surface area contributed by atoms with Crippen molar-refractivity contribution in [3.8, 4) is 21.8 Å². The van der Waals surface area contributed by atoms with E-state index in [1.807, 2.05) is 19.1 Å². The lowest BCUT2D eigenvalue weighted by Gasteiger charge is -1.99. The molecule has 2 N–H and O–H groups in total. The van der Waals surface area contributed by atoms with Crippen molar-refractivity contribution in [3.63, 3.8) is 0 Å². The van der Waals surface area contributed by atoms with Gasteiger partial charge in [0.1, 0.15) is 0 Å². The molecule has 3 heterocycles. The second-order valence-corrected chi connectivity index (χ2v) is 6.45. The summed E-state index contributed by atoms with van der Waals surface area (Å²) in [5.41, 5.74) is 8.77. The Morgan fingerprint density at radius 3 is 2.89 bits per heavy atom. The van der Waals surface area contributed by atoms with Gasteiger partial charge in [-0.25, -0.2) is 0 Å². The maximum absolute atomic E-state index is 5.92. The van der Waals surface area contributed by atoms with Crippen molar-refractivity contribution in [1.29, 1.82) is 0 Å². The lowest BCUT2D eigenvalue weighted by molar-refractivity contribution is 0.437. The van der Waals surface area contributed by atoms with Crippen LogP contribution in [0.1, 0.15) is 5.56 Å². The summed E-state index contributed by atoms with van der Waals surface area (Å²) in [6.07, 6.45) is 3.47. The van der Waals surface area contributed by atoms with E-state index >= 15 is 0 Å². The molecule has 3 aromatic heterocycles. The smallest absolute Gasteiger partial charge is 0.186 e. The molecule has 0 fully saturated rings. The molecule has 0 atom stereocenters. The molecule has 0 aliphatic rings. The minimum Gasteiger partial charge on any atom is -0.380 e. The number of rotatable bonds is 2. The Morgan fingerprint density at radius 2 is 2.26 bits per heavy atom. The molecule has 3 aromatic rings. The molecule has 3 rings (SSSR count). The fraction of sp³-hybridized carbons (Fsp3) is 0.0769. The van der Waals surface area contributed by atoms with Crippen LogP contribution >= 0.6 is 27.3 Å². The third-order valence-electron chi connectivity index (χ3n) is 2.75. The molecule has 0 saturated carbocycles. The molecule has 0 aliphatic carbocycles. The highest BCUT2D eigenvalue weighted by atomic mass is 79.9. The zero-order valence-electron chi connectivity index (χ0n) is 10.1. The molecule has 0 bridgehead atoms. The van der Waals surface area contributed by atoms with Gasteiger partial charge in [-0.15, -0.1) is 11.3 Å². The highest BCUT2D eigenvalue weighted by Crippen LogP contribution is 2.41. The Kier molecular flexibility index (Phi) is 3.12. The van der Waals surface area contributed by atoms with Gasteiger partial charge in [-0.1, -0.05) is 11.2 Å². The number of halogens is 1. The van der Waals surface area contributed by atoms with Gasteiger partial charge in [0.05, 0.1) is 14.2 Å². The maximum Gasteiger partial charge on any atom is 0.186 e. The first-order valence-electron chi connectivity index (χ1n) is 5.58. The lowest BCUT2D eigenvalue weighted by atomic mass is 10.1. The van der Waals surface area contributed by atoms with Gasteiger partial charge >= 0.3 is 0 Å². The van der Waals surface area contributed by atoms with E-state index in [4.69, 9.17) is 10.3 Å². The normalized spacial score (nSPS) is 10.8. The summed E-state index contributed by atoms with van der Waals surface area (Å²) in [6.45, 7) is 2.04. The molecule has 4 nitrogen and oxygen atoms in total. The molecule has 6 heteroatoms. The van der Waals surface area contributed by atoms with Crippen LogP contribution < -0.4 is 5.73 Å². The zero-order valence-corrected chi connectivity index (χ0v) is 12.5. The monoisotopic (exact) mass is 335 g/mol. The highest BCUT2D eigenvalue weighted by Gasteiger charge is 2.19. The van der Waals surface area contributed by atoms with E-state index in [1.165, 1.54) is 0 Å². The Balaban J connectivity index is 2.19. The summed E-state index contributed by atoms with van der Waals surface area (Å²) >= 11 is 5.11. The summed E-state index contributed by atoms with van der Waals surface area (Å²) in [7, 11) is 0. The number of nitrogens with zero attached hydrogens (tertiary/aromatic N) is 2. The average Bonchev–Trinajstić information content (AvgIpc) is 2.95.